The molecular formula is C22H26N4O3. The normalized spacial score (nSPS) is 16.7. The van der Waals surface area contributed by atoms with Gasteiger partial charge in [0.25, 0.3) is 0 Å². The van der Waals surface area contributed by atoms with E-state index in [2.05, 4.69) is 19.9 Å². The number of aryl methyl sites for hydroxylation is 1. The average Bonchev–Trinajstić information content (AvgIpc) is 2.76. The van der Waals surface area contributed by atoms with Gasteiger partial charge in [-0.15, -0.1) is 0 Å². The van der Waals surface area contributed by atoms with Crippen LogP contribution in [0.15, 0.2) is 36.8 Å². The van der Waals surface area contributed by atoms with Crippen LogP contribution in [0.1, 0.15) is 18.5 Å². The Kier molecular flexibility index (Phi) is 5.64. The number of methoxy groups -OCH3 is 2. The van der Waals surface area contributed by atoms with Crippen LogP contribution in [0.5, 0.6) is 17.2 Å². The molecule has 3 heterocycles. The van der Waals surface area contributed by atoms with Gasteiger partial charge in [0, 0.05) is 48.4 Å². The van der Waals surface area contributed by atoms with E-state index >= 15 is 0 Å². The van der Waals surface area contributed by atoms with Gasteiger partial charge in [-0.1, -0.05) is 0 Å². The molecule has 152 valence electrons. The highest BCUT2D eigenvalue weighted by Crippen LogP contribution is 2.35. The van der Waals surface area contributed by atoms with Gasteiger partial charge in [-0.25, -0.2) is 9.97 Å². The maximum absolute atomic E-state index is 6.03. The summed E-state index contributed by atoms with van der Waals surface area (Å²) in [5.41, 5.74) is 1.81. The molecule has 1 unspecified atom stereocenters. The molecule has 3 aromatic rings. The number of fused-ring (bicyclic) bond motifs is 1. The van der Waals surface area contributed by atoms with Gasteiger partial charge in [-0.2, -0.15) is 0 Å². The van der Waals surface area contributed by atoms with Crippen LogP contribution in [0.2, 0.25) is 0 Å². The summed E-state index contributed by atoms with van der Waals surface area (Å²) in [7, 11) is 3.27. The summed E-state index contributed by atoms with van der Waals surface area (Å²) in [5.74, 6) is 3.59. The van der Waals surface area contributed by atoms with E-state index in [0.29, 0.717) is 24.0 Å². The number of hydrogen-bond donors (Lipinski definition) is 0. The zero-order valence-electron chi connectivity index (χ0n) is 17.1. The molecule has 7 nitrogen and oxygen atoms in total. The molecule has 4 rings (SSSR count). The van der Waals surface area contributed by atoms with E-state index in [9.17, 15) is 0 Å². The standard InChI is InChI=1S/C22H26N4O3/c1-15-9-17(6-7-23-15)29-13-16-5-4-8-26(12-16)22-18-10-20(27-2)21(28-3)11-19(18)24-14-25-22/h6-7,9-11,14,16H,4-5,8,12-13H2,1-3H3. The molecule has 29 heavy (non-hydrogen) atoms. The lowest BCUT2D eigenvalue weighted by atomic mass is 9.98. The first-order valence-corrected chi connectivity index (χ1v) is 9.85. The van der Waals surface area contributed by atoms with Crippen molar-refractivity contribution in [2.75, 3.05) is 38.8 Å². The van der Waals surface area contributed by atoms with E-state index in [-0.39, 0.29) is 0 Å². The summed E-state index contributed by atoms with van der Waals surface area (Å²) in [5, 5.41) is 0.969. The van der Waals surface area contributed by atoms with Crippen molar-refractivity contribution in [3.05, 3.63) is 42.5 Å². The molecule has 7 heteroatoms. The number of ether oxygens (including phenoxy) is 3. The zero-order valence-corrected chi connectivity index (χ0v) is 17.1. The van der Waals surface area contributed by atoms with Gasteiger partial charge < -0.3 is 19.1 Å². The highest BCUT2D eigenvalue weighted by molar-refractivity contribution is 5.92. The maximum Gasteiger partial charge on any atom is 0.162 e. The van der Waals surface area contributed by atoms with Crippen LogP contribution in [0.25, 0.3) is 10.9 Å². The first-order chi connectivity index (χ1) is 14.2. The summed E-state index contributed by atoms with van der Waals surface area (Å²) in [6.45, 7) is 4.51. The summed E-state index contributed by atoms with van der Waals surface area (Å²) in [4.78, 5) is 15.6. The number of anilines is 1. The summed E-state index contributed by atoms with van der Waals surface area (Å²) < 4.78 is 16.9. The minimum absolute atomic E-state index is 0.433. The molecule has 0 radical (unpaired) electrons. The second-order valence-corrected chi connectivity index (χ2v) is 7.32. The van der Waals surface area contributed by atoms with Gasteiger partial charge in [-0.3, -0.25) is 4.98 Å². The number of pyridine rings is 1. The quantitative estimate of drug-likeness (QED) is 0.632. The van der Waals surface area contributed by atoms with E-state index in [1.165, 1.54) is 0 Å². The molecule has 1 aliphatic heterocycles. The van der Waals surface area contributed by atoms with Crippen molar-refractivity contribution < 1.29 is 14.2 Å². The minimum Gasteiger partial charge on any atom is -0.493 e. The number of benzene rings is 1. The second kappa shape index (κ2) is 8.51. The lowest BCUT2D eigenvalue weighted by Crippen LogP contribution is -2.38. The Bertz CT molecular complexity index is 995. The monoisotopic (exact) mass is 394 g/mol. The van der Waals surface area contributed by atoms with E-state index in [1.54, 1.807) is 26.7 Å². The third kappa shape index (κ3) is 4.18. The largest absolute Gasteiger partial charge is 0.493 e. The molecule has 0 N–H and O–H groups in total. The topological polar surface area (TPSA) is 69.6 Å². The van der Waals surface area contributed by atoms with Gasteiger partial charge in [0.2, 0.25) is 0 Å². The van der Waals surface area contributed by atoms with Crippen LogP contribution in [0.3, 0.4) is 0 Å². The van der Waals surface area contributed by atoms with Crippen molar-refractivity contribution >= 4 is 16.7 Å². The maximum atomic E-state index is 6.03. The van der Waals surface area contributed by atoms with E-state index < -0.39 is 0 Å². The van der Waals surface area contributed by atoms with Crippen LogP contribution < -0.4 is 19.1 Å². The van der Waals surface area contributed by atoms with Crippen LogP contribution in [0, 0.1) is 12.8 Å². The molecule has 2 aromatic heterocycles. The number of aromatic nitrogens is 3. The molecule has 0 bridgehead atoms. The van der Waals surface area contributed by atoms with Crippen molar-refractivity contribution in [3.8, 4) is 17.2 Å². The van der Waals surface area contributed by atoms with Gasteiger partial charge in [0.15, 0.2) is 11.5 Å². The molecule has 1 atom stereocenters. The van der Waals surface area contributed by atoms with Gasteiger partial charge in [0.1, 0.15) is 17.9 Å². The molecule has 0 saturated carbocycles. The minimum atomic E-state index is 0.433. The Labute approximate surface area is 170 Å². The summed E-state index contributed by atoms with van der Waals surface area (Å²) >= 11 is 0. The third-order valence-corrected chi connectivity index (χ3v) is 5.29. The molecule has 1 aromatic carbocycles. The number of hydrogen-bond acceptors (Lipinski definition) is 7. The first kappa shape index (κ1) is 19.2. The zero-order chi connectivity index (χ0) is 20.2. The van der Waals surface area contributed by atoms with Crippen LogP contribution >= 0.6 is 0 Å². The average molecular weight is 394 g/mol. The van der Waals surface area contributed by atoms with Crippen molar-refractivity contribution in [3.63, 3.8) is 0 Å². The fourth-order valence-electron chi connectivity index (χ4n) is 3.84. The molecule has 1 aliphatic rings. The predicted molar refractivity (Wildman–Crippen MR) is 112 cm³/mol. The SMILES string of the molecule is COc1cc2ncnc(N3CCCC(COc4ccnc(C)c4)C3)c2cc1OC. The Balaban J connectivity index is 1.54. The molecule has 0 spiro atoms. The highest BCUT2D eigenvalue weighted by atomic mass is 16.5. The van der Waals surface area contributed by atoms with Crippen LogP contribution in [-0.4, -0.2) is 48.9 Å². The van der Waals surface area contributed by atoms with Crippen molar-refractivity contribution in [1.82, 2.24) is 15.0 Å². The lowest BCUT2D eigenvalue weighted by molar-refractivity contribution is 0.228. The third-order valence-electron chi connectivity index (χ3n) is 5.29. The molecule has 1 fully saturated rings. The van der Waals surface area contributed by atoms with Crippen molar-refractivity contribution in [1.29, 1.82) is 0 Å². The fourth-order valence-corrected chi connectivity index (χ4v) is 3.84. The van der Waals surface area contributed by atoms with Gasteiger partial charge in [-0.05, 0) is 31.9 Å². The summed E-state index contributed by atoms with van der Waals surface area (Å²) in [6, 6.07) is 7.74. The Morgan fingerprint density at radius 3 is 2.69 bits per heavy atom. The van der Waals surface area contributed by atoms with Gasteiger partial charge in [0.05, 0.1) is 26.3 Å². The van der Waals surface area contributed by atoms with E-state index in [1.807, 2.05) is 31.2 Å². The Morgan fingerprint density at radius 1 is 1.07 bits per heavy atom. The van der Waals surface area contributed by atoms with Crippen LogP contribution in [0.4, 0.5) is 5.82 Å². The van der Waals surface area contributed by atoms with E-state index in [0.717, 1.165) is 54.1 Å². The smallest absolute Gasteiger partial charge is 0.162 e. The first-order valence-electron chi connectivity index (χ1n) is 9.85. The van der Waals surface area contributed by atoms with Crippen molar-refractivity contribution in [2.24, 2.45) is 5.92 Å². The molecular weight excluding hydrogens is 368 g/mol. The molecule has 0 amide bonds. The lowest BCUT2D eigenvalue weighted by Gasteiger charge is -2.34. The second-order valence-electron chi connectivity index (χ2n) is 7.32. The Hall–Kier alpha value is -3.09. The summed E-state index contributed by atoms with van der Waals surface area (Å²) in [6.07, 6.45) is 5.64. The van der Waals surface area contributed by atoms with Gasteiger partial charge >= 0.3 is 0 Å². The highest BCUT2D eigenvalue weighted by Gasteiger charge is 2.24. The van der Waals surface area contributed by atoms with Crippen molar-refractivity contribution in [2.45, 2.75) is 19.8 Å². The van der Waals surface area contributed by atoms with Crippen LogP contribution in [-0.2, 0) is 0 Å². The number of rotatable bonds is 6. The molecule has 0 aliphatic carbocycles. The fraction of sp³-hybridized carbons (Fsp3) is 0.409. The molecule has 1 saturated heterocycles. The predicted octanol–water partition coefficient (Wildman–Crippen LogP) is 3.65. The number of nitrogens with zero attached hydrogens (tertiary/aromatic N) is 4. The Morgan fingerprint density at radius 2 is 1.90 bits per heavy atom. The number of piperidine rings is 1. The van der Waals surface area contributed by atoms with E-state index in [4.69, 9.17) is 14.2 Å².